The van der Waals surface area contributed by atoms with Crippen LogP contribution in [0.15, 0.2) is 55.4 Å². The van der Waals surface area contributed by atoms with Crippen molar-refractivity contribution in [1.29, 1.82) is 0 Å². The Balaban J connectivity index is 1.28. The van der Waals surface area contributed by atoms with Gasteiger partial charge in [0.25, 0.3) is 5.91 Å². The number of nitrogens with one attached hydrogen (secondary N) is 3. The number of anilines is 2. The normalized spacial score (nSPS) is 15.7. The van der Waals surface area contributed by atoms with Crippen LogP contribution >= 0.6 is 11.3 Å². The number of thiazole rings is 1. The fourth-order valence-corrected chi connectivity index (χ4v) is 4.84. The highest BCUT2D eigenvalue weighted by Crippen LogP contribution is 2.36. The van der Waals surface area contributed by atoms with Crippen LogP contribution in [0.5, 0.6) is 11.5 Å². The van der Waals surface area contributed by atoms with Crippen LogP contribution in [0, 0.1) is 0 Å². The van der Waals surface area contributed by atoms with E-state index in [9.17, 15) is 22.8 Å². The van der Waals surface area contributed by atoms with Crippen LogP contribution in [0.4, 0.5) is 24.1 Å². The summed E-state index contributed by atoms with van der Waals surface area (Å²) in [6.45, 7) is 4.74. The maximum absolute atomic E-state index is 12.8. The van der Waals surface area contributed by atoms with E-state index < -0.39 is 17.0 Å². The lowest BCUT2D eigenvalue weighted by atomic mass is 10.1. The molecule has 4 aromatic rings. The van der Waals surface area contributed by atoms with Gasteiger partial charge in [-0.3, -0.25) is 20.0 Å². The molecule has 0 saturated carbocycles. The SMILES string of the molecule is C=CC(=O)N1CCC[C@@H](Nc2n[nH]c3nccc(Oc4ccc(C(=O)Nc5ncc(C(F)(F)F)s5)cc4)c23)C1. The fourth-order valence-electron chi connectivity index (χ4n) is 4.16. The second kappa shape index (κ2) is 10.7. The highest BCUT2D eigenvalue weighted by Gasteiger charge is 2.33. The van der Waals surface area contributed by atoms with Crippen molar-refractivity contribution in [3.05, 3.63) is 65.8 Å². The Morgan fingerprint density at radius 2 is 2.00 bits per heavy atom. The highest BCUT2D eigenvalue weighted by atomic mass is 32.1. The first-order valence-corrected chi connectivity index (χ1v) is 12.7. The van der Waals surface area contributed by atoms with Crippen LogP contribution in [0.2, 0.25) is 0 Å². The number of ether oxygens (including phenoxy) is 1. The molecule has 1 atom stereocenters. The largest absolute Gasteiger partial charge is 0.456 e. The maximum Gasteiger partial charge on any atom is 0.427 e. The van der Waals surface area contributed by atoms with Gasteiger partial charge < -0.3 is 15.0 Å². The average Bonchev–Trinajstić information content (AvgIpc) is 3.57. The number of hydrogen-bond donors (Lipinski definition) is 3. The van der Waals surface area contributed by atoms with Gasteiger partial charge in [-0.1, -0.05) is 17.9 Å². The Hall–Kier alpha value is -4.46. The van der Waals surface area contributed by atoms with Crippen LogP contribution in [0.25, 0.3) is 11.0 Å². The first kappa shape index (κ1) is 26.2. The number of carbonyl (C=O) groups is 2. The van der Waals surface area contributed by atoms with Crippen molar-refractivity contribution in [1.82, 2.24) is 25.1 Å². The molecule has 1 aromatic carbocycles. The second-order valence-corrected chi connectivity index (χ2v) is 9.72. The van der Waals surface area contributed by atoms with Gasteiger partial charge in [0.15, 0.2) is 16.6 Å². The Kier molecular flexibility index (Phi) is 7.19. The number of piperidine rings is 1. The summed E-state index contributed by atoms with van der Waals surface area (Å²) in [6, 6.07) is 7.77. The summed E-state index contributed by atoms with van der Waals surface area (Å²) in [7, 11) is 0. The summed E-state index contributed by atoms with van der Waals surface area (Å²) in [5.74, 6) is 0.692. The second-order valence-electron chi connectivity index (χ2n) is 8.68. The molecule has 0 aliphatic carbocycles. The molecule has 3 aromatic heterocycles. The summed E-state index contributed by atoms with van der Waals surface area (Å²) in [5.41, 5.74) is 0.718. The van der Waals surface area contributed by atoms with Crippen molar-refractivity contribution in [2.24, 2.45) is 0 Å². The van der Waals surface area contributed by atoms with Gasteiger partial charge in [0.2, 0.25) is 5.91 Å². The molecule has 0 radical (unpaired) electrons. The van der Waals surface area contributed by atoms with Gasteiger partial charge in [0.05, 0.1) is 6.20 Å². The Morgan fingerprint density at radius 1 is 1.21 bits per heavy atom. The quantitative estimate of drug-likeness (QED) is 0.271. The number of nitrogens with zero attached hydrogens (tertiary/aromatic N) is 4. The van der Waals surface area contributed by atoms with E-state index in [1.807, 2.05) is 0 Å². The maximum atomic E-state index is 12.8. The van der Waals surface area contributed by atoms with Gasteiger partial charge in [-0.05, 0) is 43.2 Å². The minimum atomic E-state index is -4.52. The van der Waals surface area contributed by atoms with E-state index in [0.717, 1.165) is 12.8 Å². The van der Waals surface area contributed by atoms with Crippen molar-refractivity contribution in [3.8, 4) is 11.5 Å². The van der Waals surface area contributed by atoms with Crippen molar-refractivity contribution < 1.29 is 27.5 Å². The molecular weight excluding hydrogens is 535 g/mol. The number of amides is 2. The zero-order valence-electron chi connectivity index (χ0n) is 20.3. The van der Waals surface area contributed by atoms with Crippen molar-refractivity contribution in [2.75, 3.05) is 23.7 Å². The minimum Gasteiger partial charge on any atom is -0.456 e. The summed E-state index contributed by atoms with van der Waals surface area (Å²) in [5, 5.41) is 13.4. The van der Waals surface area contributed by atoms with E-state index in [1.165, 1.54) is 18.2 Å². The number of hydrogen-bond acceptors (Lipinski definition) is 8. The predicted molar refractivity (Wildman–Crippen MR) is 139 cm³/mol. The zero-order chi connectivity index (χ0) is 27.6. The van der Waals surface area contributed by atoms with Crippen LogP contribution in [0.3, 0.4) is 0 Å². The molecule has 2 amide bonds. The van der Waals surface area contributed by atoms with E-state index in [-0.39, 0.29) is 22.6 Å². The monoisotopic (exact) mass is 557 g/mol. The van der Waals surface area contributed by atoms with Crippen LogP contribution in [-0.4, -0.2) is 56.0 Å². The summed E-state index contributed by atoms with van der Waals surface area (Å²) < 4.78 is 44.4. The van der Waals surface area contributed by atoms with Gasteiger partial charge in [0.1, 0.15) is 21.8 Å². The molecule has 1 saturated heterocycles. The highest BCUT2D eigenvalue weighted by molar-refractivity contribution is 7.15. The van der Waals surface area contributed by atoms with Crippen LogP contribution in [-0.2, 0) is 11.0 Å². The van der Waals surface area contributed by atoms with Crippen molar-refractivity contribution in [3.63, 3.8) is 0 Å². The number of rotatable bonds is 7. The lowest BCUT2D eigenvalue weighted by Crippen LogP contribution is -2.44. The number of likely N-dealkylation sites (tertiary alicyclic amines) is 1. The molecule has 0 spiro atoms. The molecule has 10 nitrogen and oxygen atoms in total. The number of aromatic amines is 1. The topological polar surface area (TPSA) is 125 Å². The molecule has 5 rings (SSSR count). The number of H-pyrrole nitrogens is 1. The molecule has 14 heteroatoms. The predicted octanol–water partition coefficient (Wildman–Crippen LogP) is 5.07. The van der Waals surface area contributed by atoms with Crippen molar-refractivity contribution in [2.45, 2.75) is 25.1 Å². The number of aromatic nitrogens is 4. The van der Waals surface area contributed by atoms with Gasteiger partial charge in [-0.2, -0.15) is 18.3 Å². The number of fused-ring (bicyclic) bond motifs is 1. The molecule has 4 heterocycles. The Bertz CT molecular complexity index is 1520. The molecule has 1 aliphatic rings. The number of benzene rings is 1. The average molecular weight is 558 g/mol. The van der Waals surface area contributed by atoms with Crippen LogP contribution < -0.4 is 15.4 Å². The first-order chi connectivity index (χ1) is 18.7. The number of pyridine rings is 1. The van der Waals surface area contributed by atoms with Crippen LogP contribution in [0.1, 0.15) is 28.1 Å². The molecular formula is C25H22F3N7O3S. The van der Waals surface area contributed by atoms with Crippen molar-refractivity contribution >= 4 is 45.1 Å². The first-order valence-electron chi connectivity index (χ1n) is 11.8. The summed E-state index contributed by atoms with van der Waals surface area (Å²) >= 11 is 0.349. The number of carbonyl (C=O) groups excluding carboxylic acids is 2. The van der Waals surface area contributed by atoms with Gasteiger partial charge in [-0.25, -0.2) is 9.97 Å². The van der Waals surface area contributed by atoms with Gasteiger partial charge in [0, 0.05) is 37.0 Å². The number of alkyl halides is 3. The van der Waals surface area contributed by atoms with E-state index in [1.54, 1.807) is 29.3 Å². The van der Waals surface area contributed by atoms with Gasteiger partial charge >= 0.3 is 6.18 Å². The lowest BCUT2D eigenvalue weighted by Gasteiger charge is -2.32. The number of halogens is 3. The Morgan fingerprint density at radius 3 is 2.72 bits per heavy atom. The minimum absolute atomic E-state index is 0.0231. The van der Waals surface area contributed by atoms with E-state index >= 15 is 0 Å². The third kappa shape index (κ3) is 5.85. The smallest absolute Gasteiger partial charge is 0.427 e. The molecule has 1 fully saturated rings. The molecule has 3 N–H and O–H groups in total. The molecule has 0 unspecified atom stereocenters. The molecule has 1 aliphatic heterocycles. The third-order valence-corrected chi connectivity index (χ3v) is 6.98. The summed E-state index contributed by atoms with van der Waals surface area (Å²) in [4.78, 5) is 33.3. The Labute approximate surface area is 223 Å². The standard InChI is InChI=1S/C25H22F3N7O3S/c1-2-19(36)35-11-3-4-15(13-35)31-22-20-17(9-10-29-21(20)33-34-22)38-16-7-5-14(6-8-16)23(37)32-24-30-12-18(39-24)25(26,27)28/h2,5-10,12,15H,1,3-4,11,13H2,(H,30,32,37)(H2,29,31,33,34)/t15-/m1/s1. The van der Waals surface area contributed by atoms with E-state index in [0.29, 0.717) is 59.0 Å². The van der Waals surface area contributed by atoms with E-state index in [4.69, 9.17) is 4.74 Å². The summed E-state index contributed by atoms with van der Waals surface area (Å²) in [6.07, 6.45) is 0.719. The fraction of sp³-hybridized carbons (Fsp3) is 0.240. The molecule has 202 valence electrons. The lowest BCUT2D eigenvalue weighted by molar-refractivity contribution is -0.134. The zero-order valence-corrected chi connectivity index (χ0v) is 21.1. The van der Waals surface area contributed by atoms with Gasteiger partial charge in [-0.15, -0.1) is 0 Å². The van der Waals surface area contributed by atoms with E-state index in [2.05, 4.69) is 37.4 Å². The molecule has 39 heavy (non-hydrogen) atoms. The molecule has 0 bridgehead atoms. The third-order valence-electron chi connectivity index (χ3n) is 6.02.